The molecule has 1 aliphatic carbocycles. The number of nitrogens with one attached hydrogen (secondary N) is 1. The van der Waals surface area contributed by atoms with E-state index < -0.39 is 0 Å². The molecule has 3 aliphatic heterocycles. The van der Waals surface area contributed by atoms with E-state index in [1.165, 1.54) is 38.5 Å². The second kappa shape index (κ2) is 5.80. The van der Waals surface area contributed by atoms with Crippen LogP contribution in [0, 0.1) is 0 Å². The molecule has 0 aromatic heterocycles. The zero-order chi connectivity index (χ0) is 14.2. The fraction of sp³-hybridized carbons (Fsp3) is 1.00. The minimum absolute atomic E-state index is 0.110. The molecule has 4 nitrogen and oxygen atoms in total. The highest BCUT2D eigenvalue weighted by atomic mass is 16.6. The van der Waals surface area contributed by atoms with Gasteiger partial charge in [-0.05, 0) is 51.6 Å². The van der Waals surface area contributed by atoms with Gasteiger partial charge in [-0.25, -0.2) is 0 Å². The van der Waals surface area contributed by atoms with Crippen molar-refractivity contribution >= 4 is 0 Å². The van der Waals surface area contributed by atoms with Gasteiger partial charge in [-0.2, -0.15) is 0 Å². The zero-order valence-corrected chi connectivity index (χ0v) is 13.1. The van der Waals surface area contributed by atoms with E-state index >= 15 is 0 Å². The minimum Gasteiger partial charge on any atom is -0.373 e. The maximum atomic E-state index is 6.33. The van der Waals surface area contributed by atoms with Crippen LogP contribution < -0.4 is 5.32 Å². The summed E-state index contributed by atoms with van der Waals surface area (Å²) in [6.07, 6.45) is 11.6. The Kier molecular flexibility index (Phi) is 3.99. The predicted molar refractivity (Wildman–Crippen MR) is 80.4 cm³/mol. The van der Waals surface area contributed by atoms with Crippen LogP contribution in [-0.4, -0.2) is 49.7 Å². The molecule has 4 rings (SSSR count). The molecule has 4 heteroatoms. The van der Waals surface area contributed by atoms with Gasteiger partial charge < -0.3 is 19.5 Å². The van der Waals surface area contributed by atoms with E-state index in [1.54, 1.807) is 0 Å². The lowest BCUT2D eigenvalue weighted by Gasteiger charge is -2.32. The lowest BCUT2D eigenvalue weighted by molar-refractivity contribution is -0.0822. The predicted octanol–water partition coefficient (Wildman–Crippen LogP) is 2.41. The summed E-state index contributed by atoms with van der Waals surface area (Å²) in [5.41, 5.74) is 0.343. The molecule has 4 aliphatic rings. The molecule has 0 radical (unpaired) electrons. The van der Waals surface area contributed by atoms with Crippen LogP contribution in [0.5, 0.6) is 0 Å². The SMILES string of the molecule is C1CCC2(C1)CCC(COC1COC3(CCNCC3)C1)O2. The van der Waals surface area contributed by atoms with Gasteiger partial charge in [0.25, 0.3) is 0 Å². The third-order valence-corrected chi connectivity index (χ3v) is 6.06. The maximum Gasteiger partial charge on any atom is 0.0837 e. The smallest absolute Gasteiger partial charge is 0.0837 e. The summed E-state index contributed by atoms with van der Waals surface area (Å²) in [6.45, 7) is 3.71. The van der Waals surface area contributed by atoms with E-state index in [2.05, 4.69) is 5.32 Å². The topological polar surface area (TPSA) is 39.7 Å². The van der Waals surface area contributed by atoms with E-state index in [-0.39, 0.29) is 17.3 Å². The lowest BCUT2D eigenvalue weighted by atomic mass is 9.89. The van der Waals surface area contributed by atoms with Gasteiger partial charge in [0.05, 0.1) is 36.6 Å². The quantitative estimate of drug-likeness (QED) is 0.868. The zero-order valence-electron chi connectivity index (χ0n) is 13.1. The molecule has 3 saturated heterocycles. The summed E-state index contributed by atoms with van der Waals surface area (Å²) < 4.78 is 18.6. The van der Waals surface area contributed by atoms with Crippen molar-refractivity contribution in [3.8, 4) is 0 Å². The van der Waals surface area contributed by atoms with Crippen molar-refractivity contribution in [3.05, 3.63) is 0 Å². The van der Waals surface area contributed by atoms with Crippen LogP contribution in [0.25, 0.3) is 0 Å². The first-order chi connectivity index (χ1) is 10.3. The standard InChI is InChI=1S/C17H29NO3/c1-2-5-16(4-1)6-3-14(21-16)12-19-15-11-17(20-13-15)7-9-18-10-8-17/h14-15,18H,1-13H2. The highest BCUT2D eigenvalue weighted by Crippen LogP contribution is 2.43. The highest BCUT2D eigenvalue weighted by Gasteiger charge is 2.44. The second-order valence-electron chi connectivity index (χ2n) is 7.57. The molecule has 0 bridgehead atoms. The molecule has 1 saturated carbocycles. The summed E-state index contributed by atoms with van der Waals surface area (Å²) in [5.74, 6) is 0. The summed E-state index contributed by atoms with van der Waals surface area (Å²) in [6, 6.07) is 0. The summed E-state index contributed by atoms with van der Waals surface area (Å²) in [7, 11) is 0. The Morgan fingerprint density at radius 2 is 1.81 bits per heavy atom. The van der Waals surface area contributed by atoms with Crippen molar-refractivity contribution in [1.29, 1.82) is 0 Å². The Morgan fingerprint density at radius 3 is 2.62 bits per heavy atom. The molecule has 4 fully saturated rings. The van der Waals surface area contributed by atoms with Gasteiger partial charge in [0.1, 0.15) is 0 Å². The third kappa shape index (κ3) is 3.00. The normalized spacial score (nSPS) is 37.7. The van der Waals surface area contributed by atoms with E-state index in [9.17, 15) is 0 Å². The van der Waals surface area contributed by atoms with Gasteiger partial charge in [0, 0.05) is 6.42 Å². The average molecular weight is 295 g/mol. The first-order valence-corrected chi connectivity index (χ1v) is 8.92. The van der Waals surface area contributed by atoms with Crippen LogP contribution in [0.3, 0.4) is 0 Å². The maximum absolute atomic E-state index is 6.33. The largest absolute Gasteiger partial charge is 0.373 e. The minimum atomic E-state index is 0.110. The molecule has 2 unspecified atom stereocenters. The number of hydrogen-bond donors (Lipinski definition) is 1. The van der Waals surface area contributed by atoms with E-state index in [1.807, 2.05) is 0 Å². The van der Waals surface area contributed by atoms with E-state index in [0.717, 1.165) is 45.6 Å². The lowest BCUT2D eigenvalue weighted by Crippen LogP contribution is -2.41. The third-order valence-electron chi connectivity index (χ3n) is 6.06. The summed E-state index contributed by atoms with van der Waals surface area (Å²) in [4.78, 5) is 0. The van der Waals surface area contributed by atoms with Gasteiger partial charge >= 0.3 is 0 Å². The average Bonchev–Trinajstić information content (AvgIpc) is 3.21. The molecule has 3 heterocycles. The molecule has 0 aromatic rings. The van der Waals surface area contributed by atoms with Gasteiger partial charge in [-0.1, -0.05) is 12.8 Å². The van der Waals surface area contributed by atoms with Crippen molar-refractivity contribution in [2.45, 2.75) is 81.2 Å². The Labute approximate surface area is 127 Å². The van der Waals surface area contributed by atoms with Crippen LogP contribution in [-0.2, 0) is 14.2 Å². The first kappa shape index (κ1) is 14.4. The van der Waals surface area contributed by atoms with Crippen LogP contribution in [0.4, 0.5) is 0 Å². The van der Waals surface area contributed by atoms with E-state index in [4.69, 9.17) is 14.2 Å². The van der Waals surface area contributed by atoms with Gasteiger partial charge in [-0.3, -0.25) is 0 Å². The second-order valence-corrected chi connectivity index (χ2v) is 7.57. The van der Waals surface area contributed by atoms with Gasteiger partial charge in [-0.15, -0.1) is 0 Å². The highest BCUT2D eigenvalue weighted by molar-refractivity contribution is 4.95. The number of piperidine rings is 1. The first-order valence-electron chi connectivity index (χ1n) is 8.92. The molecule has 2 spiro atoms. The number of hydrogen-bond acceptors (Lipinski definition) is 4. The Bertz CT molecular complexity index is 361. The monoisotopic (exact) mass is 295 g/mol. The van der Waals surface area contributed by atoms with Crippen molar-refractivity contribution < 1.29 is 14.2 Å². The molecule has 2 atom stereocenters. The molecule has 0 aromatic carbocycles. The van der Waals surface area contributed by atoms with Crippen LogP contribution in [0.2, 0.25) is 0 Å². The molecule has 0 amide bonds. The van der Waals surface area contributed by atoms with Crippen molar-refractivity contribution in [2.75, 3.05) is 26.3 Å². The van der Waals surface area contributed by atoms with Crippen molar-refractivity contribution in [1.82, 2.24) is 5.32 Å². The Hall–Kier alpha value is -0.160. The summed E-state index contributed by atoms with van der Waals surface area (Å²) >= 11 is 0. The van der Waals surface area contributed by atoms with Crippen molar-refractivity contribution in [3.63, 3.8) is 0 Å². The van der Waals surface area contributed by atoms with Gasteiger partial charge in [0.15, 0.2) is 0 Å². The van der Waals surface area contributed by atoms with Crippen LogP contribution in [0.1, 0.15) is 57.8 Å². The Balaban J connectivity index is 1.23. The van der Waals surface area contributed by atoms with Crippen LogP contribution in [0.15, 0.2) is 0 Å². The fourth-order valence-corrected chi connectivity index (χ4v) is 4.78. The number of rotatable bonds is 3. The van der Waals surface area contributed by atoms with E-state index in [0.29, 0.717) is 6.10 Å². The fourth-order valence-electron chi connectivity index (χ4n) is 4.78. The molecule has 120 valence electrons. The van der Waals surface area contributed by atoms with Gasteiger partial charge in [0.2, 0.25) is 0 Å². The molecular formula is C17H29NO3. The molecule has 1 N–H and O–H groups in total. The van der Waals surface area contributed by atoms with Crippen molar-refractivity contribution in [2.24, 2.45) is 0 Å². The van der Waals surface area contributed by atoms with Crippen LogP contribution >= 0.6 is 0 Å². The summed E-state index contributed by atoms with van der Waals surface area (Å²) in [5, 5.41) is 3.41. The Morgan fingerprint density at radius 1 is 1.00 bits per heavy atom. The molecular weight excluding hydrogens is 266 g/mol. The molecule has 21 heavy (non-hydrogen) atoms. The number of ether oxygens (including phenoxy) is 3.